The van der Waals surface area contributed by atoms with E-state index in [1.54, 1.807) is 0 Å². The summed E-state index contributed by atoms with van der Waals surface area (Å²) in [4.78, 5) is 2.49. The largest absolute Gasteiger partial charge is 0.396 e. The van der Waals surface area contributed by atoms with E-state index >= 15 is 0 Å². The topological polar surface area (TPSA) is 23.5 Å². The maximum Gasteiger partial charge on any atom is 0.0456 e. The summed E-state index contributed by atoms with van der Waals surface area (Å²) in [6.45, 7) is 5.74. The van der Waals surface area contributed by atoms with Gasteiger partial charge in [0, 0.05) is 24.7 Å². The van der Waals surface area contributed by atoms with Crippen LogP contribution in [0.5, 0.6) is 0 Å². The van der Waals surface area contributed by atoms with Crippen molar-refractivity contribution in [2.24, 2.45) is 11.8 Å². The Labute approximate surface area is 115 Å². The molecule has 2 rings (SSSR count). The fourth-order valence-corrected chi connectivity index (χ4v) is 3.00. The van der Waals surface area contributed by atoms with Crippen molar-refractivity contribution in [2.45, 2.75) is 26.3 Å². The van der Waals surface area contributed by atoms with Crippen molar-refractivity contribution in [2.75, 3.05) is 19.7 Å². The van der Waals surface area contributed by atoms with E-state index in [2.05, 4.69) is 17.9 Å². The minimum Gasteiger partial charge on any atom is -0.396 e. The van der Waals surface area contributed by atoms with E-state index < -0.39 is 0 Å². The third-order valence-electron chi connectivity index (χ3n) is 3.71. The number of benzene rings is 1. The Morgan fingerprint density at radius 1 is 1.50 bits per heavy atom. The van der Waals surface area contributed by atoms with Crippen LogP contribution < -0.4 is 0 Å². The van der Waals surface area contributed by atoms with Crippen LogP contribution in [0.1, 0.15) is 25.3 Å². The van der Waals surface area contributed by atoms with Crippen LogP contribution in [0.2, 0.25) is 5.02 Å². The van der Waals surface area contributed by atoms with Crippen LogP contribution in [-0.4, -0.2) is 29.7 Å². The highest BCUT2D eigenvalue weighted by atomic mass is 35.5. The number of hydrogen-bond donors (Lipinski definition) is 1. The fraction of sp³-hybridized carbons (Fsp3) is 0.600. The van der Waals surface area contributed by atoms with Gasteiger partial charge in [-0.3, -0.25) is 4.90 Å². The van der Waals surface area contributed by atoms with Crippen molar-refractivity contribution >= 4 is 11.6 Å². The van der Waals surface area contributed by atoms with Crippen molar-refractivity contribution in [3.63, 3.8) is 0 Å². The Morgan fingerprint density at radius 3 is 3.06 bits per heavy atom. The molecule has 2 unspecified atom stereocenters. The van der Waals surface area contributed by atoms with Gasteiger partial charge in [-0.1, -0.05) is 30.7 Å². The van der Waals surface area contributed by atoms with Gasteiger partial charge >= 0.3 is 0 Å². The van der Waals surface area contributed by atoms with Gasteiger partial charge in [0.1, 0.15) is 0 Å². The number of halogens is 1. The molecule has 1 saturated heterocycles. The molecule has 0 saturated carbocycles. The molecule has 1 aromatic rings. The summed E-state index contributed by atoms with van der Waals surface area (Å²) in [6, 6.07) is 8.11. The summed E-state index contributed by atoms with van der Waals surface area (Å²) in [7, 11) is 0. The number of aliphatic hydroxyl groups is 1. The molecule has 0 amide bonds. The zero-order chi connectivity index (χ0) is 13.0. The molecule has 0 bridgehead atoms. The monoisotopic (exact) mass is 267 g/mol. The number of nitrogens with zero attached hydrogens (tertiary/aromatic N) is 1. The molecular weight excluding hydrogens is 246 g/mol. The first-order valence-corrected chi connectivity index (χ1v) is 7.13. The van der Waals surface area contributed by atoms with Crippen LogP contribution in [0.15, 0.2) is 24.3 Å². The maximum absolute atomic E-state index is 9.10. The van der Waals surface area contributed by atoms with Crippen molar-refractivity contribution < 1.29 is 5.11 Å². The molecule has 1 aliphatic heterocycles. The lowest BCUT2D eigenvalue weighted by molar-refractivity contribution is 0.210. The van der Waals surface area contributed by atoms with Crippen LogP contribution in [0.25, 0.3) is 0 Å². The zero-order valence-electron chi connectivity index (χ0n) is 11.0. The van der Waals surface area contributed by atoms with Gasteiger partial charge in [0.2, 0.25) is 0 Å². The average molecular weight is 268 g/mol. The van der Waals surface area contributed by atoms with Crippen molar-refractivity contribution in [3.8, 4) is 0 Å². The molecule has 0 aliphatic carbocycles. The molecule has 100 valence electrons. The van der Waals surface area contributed by atoms with E-state index in [0.29, 0.717) is 12.5 Å². The van der Waals surface area contributed by atoms with E-state index in [1.165, 1.54) is 12.0 Å². The highest BCUT2D eigenvalue weighted by Gasteiger charge is 2.23. The van der Waals surface area contributed by atoms with Gasteiger partial charge in [-0.25, -0.2) is 0 Å². The molecule has 1 N–H and O–H groups in total. The van der Waals surface area contributed by atoms with E-state index in [4.69, 9.17) is 16.7 Å². The Kier molecular flexibility index (Phi) is 5.04. The molecular formula is C15H22ClNO. The van der Waals surface area contributed by atoms with Crippen molar-refractivity contribution in [1.29, 1.82) is 0 Å². The van der Waals surface area contributed by atoms with Crippen molar-refractivity contribution in [3.05, 3.63) is 34.9 Å². The maximum atomic E-state index is 9.10. The van der Waals surface area contributed by atoms with Crippen LogP contribution in [-0.2, 0) is 6.54 Å². The van der Waals surface area contributed by atoms with Crippen LogP contribution in [0.4, 0.5) is 0 Å². The van der Waals surface area contributed by atoms with Crippen LogP contribution >= 0.6 is 11.6 Å². The number of rotatable bonds is 5. The third-order valence-corrected chi connectivity index (χ3v) is 3.95. The van der Waals surface area contributed by atoms with Gasteiger partial charge in [0.15, 0.2) is 0 Å². The summed E-state index contributed by atoms with van der Waals surface area (Å²) in [5.74, 6) is 1.17. The Bertz CT molecular complexity index is 383. The molecule has 0 radical (unpaired) electrons. The fourth-order valence-electron chi connectivity index (χ4n) is 2.79. The first-order chi connectivity index (χ1) is 8.67. The molecule has 2 atom stereocenters. The lowest BCUT2D eigenvalue weighted by Crippen LogP contribution is -2.21. The zero-order valence-corrected chi connectivity index (χ0v) is 11.7. The summed E-state index contributed by atoms with van der Waals surface area (Å²) >= 11 is 6.00. The molecule has 2 nitrogen and oxygen atoms in total. The summed E-state index contributed by atoms with van der Waals surface area (Å²) in [5.41, 5.74) is 1.29. The van der Waals surface area contributed by atoms with Crippen LogP contribution in [0.3, 0.4) is 0 Å². The Hall–Kier alpha value is -0.570. The first kappa shape index (κ1) is 13.9. The smallest absolute Gasteiger partial charge is 0.0456 e. The SMILES string of the molecule is CC(CO)CC1CCN(Cc2cccc(Cl)c2)C1. The van der Waals surface area contributed by atoms with Gasteiger partial charge in [-0.2, -0.15) is 0 Å². The summed E-state index contributed by atoms with van der Waals surface area (Å²) in [6.07, 6.45) is 2.40. The quantitative estimate of drug-likeness (QED) is 0.886. The summed E-state index contributed by atoms with van der Waals surface area (Å²) < 4.78 is 0. The molecule has 1 aromatic carbocycles. The number of hydrogen-bond acceptors (Lipinski definition) is 2. The van der Waals surface area contributed by atoms with Gasteiger partial charge in [-0.15, -0.1) is 0 Å². The standard InChI is InChI=1S/C15H22ClNO/c1-12(11-18)7-14-5-6-17(10-14)9-13-3-2-4-15(16)8-13/h2-4,8,12,14,18H,5-7,9-11H2,1H3. The highest BCUT2D eigenvalue weighted by molar-refractivity contribution is 6.30. The van der Waals surface area contributed by atoms with Gasteiger partial charge in [0.25, 0.3) is 0 Å². The number of likely N-dealkylation sites (tertiary alicyclic amines) is 1. The lowest BCUT2D eigenvalue weighted by atomic mass is 9.96. The van der Waals surface area contributed by atoms with Crippen molar-refractivity contribution in [1.82, 2.24) is 4.90 Å². The molecule has 18 heavy (non-hydrogen) atoms. The van der Waals surface area contributed by atoms with Gasteiger partial charge < -0.3 is 5.11 Å². The molecule has 1 aliphatic rings. The molecule has 3 heteroatoms. The predicted octanol–water partition coefficient (Wildman–Crippen LogP) is 3.18. The van der Waals surface area contributed by atoms with E-state index in [0.717, 1.165) is 37.0 Å². The third kappa shape index (κ3) is 3.98. The highest BCUT2D eigenvalue weighted by Crippen LogP contribution is 2.25. The second kappa shape index (κ2) is 6.55. The second-order valence-electron chi connectivity index (χ2n) is 5.54. The minimum atomic E-state index is 0.310. The summed E-state index contributed by atoms with van der Waals surface area (Å²) in [5, 5.41) is 9.92. The molecule has 1 fully saturated rings. The molecule has 1 heterocycles. The Balaban J connectivity index is 1.82. The van der Waals surface area contributed by atoms with Crippen LogP contribution in [0, 0.1) is 11.8 Å². The Morgan fingerprint density at radius 2 is 2.33 bits per heavy atom. The van der Waals surface area contributed by atoms with Gasteiger partial charge in [0.05, 0.1) is 0 Å². The lowest BCUT2D eigenvalue weighted by Gasteiger charge is -2.17. The first-order valence-electron chi connectivity index (χ1n) is 6.75. The van der Waals surface area contributed by atoms with E-state index in [-0.39, 0.29) is 0 Å². The average Bonchev–Trinajstić information content (AvgIpc) is 2.76. The normalized spacial score (nSPS) is 22.3. The predicted molar refractivity (Wildman–Crippen MR) is 75.7 cm³/mol. The van der Waals surface area contributed by atoms with E-state index in [1.807, 2.05) is 18.2 Å². The van der Waals surface area contributed by atoms with E-state index in [9.17, 15) is 0 Å². The molecule has 0 aromatic heterocycles. The second-order valence-corrected chi connectivity index (χ2v) is 5.98. The minimum absolute atomic E-state index is 0.310. The van der Waals surface area contributed by atoms with Gasteiger partial charge in [-0.05, 0) is 48.9 Å². The number of aliphatic hydroxyl groups excluding tert-OH is 1. The molecule has 0 spiro atoms.